The molecule has 0 unspecified atom stereocenters. The topological polar surface area (TPSA) is 55.8 Å². The smallest absolute Gasteiger partial charge is 0.185 e. The third-order valence-electron chi connectivity index (χ3n) is 3.80. The zero-order valence-electron chi connectivity index (χ0n) is 15.2. The number of allylic oxidation sites excluding steroid dienone is 1. The van der Waals surface area contributed by atoms with Crippen molar-refractivity contribution in [3.8, 4) is 17.2 Å². The summed E-state index contributed by atoms with van der Waals surface area (Å²) in [6, 6.07) is 10.5. The number of carbonyl (C=O) groups is 1. The normalized spacial score (nSPS) is 11.1. The van der Waals surface area contributed by atoms with Crippen molar-refractivity contribution in [1.29, 1.82) is 0 Å². The number of methoxy groups -OCH3 is 1. The van der Waals surface area contributed by atoms with Gasteiger partial charge in [-0.3, -0.25) is 4.79 Å². The average Bonchev–Trinajstić information content (AvgIpc) is 2.62. The molecule has 2 aromatic rings. The van der Waals surface area contributed by atoms with E-state index in [1.807, 2.05) is 12.1 Å². The van der Waals surface area contributed by atoms with Crippen molar-refractivity contribution >= 4 is 27.8 Å². The second-order valence-corrected chi connectivity index (χ2v) is 7.16. The molecule has 2 aromatic carbocycles. The highest BCUT2D eigenvalue weighted by Gasteiger charge is 2.08. The lowest BCUT2D eigenvalue weighted by molar-refractivity contribution is 0.104. The van der Waals surface area contributed by atoms with Gasteiger partial charge in [-0.2, -0.15) is 0 Å². The van der Waals surface area contributed by atoms with E-state index in [0.717, 1.165) is 17.7 Å². The highest BCUT2D eigenvalue weighted by Crippen LogP contribution is 2.35. The summed E-state index contributed by atoms with van der Waals surface area (Å²) in [7, 11) is 1.48. The predicted octanol–water partition coefficient (Wildman–Crippen LogP) is 5.48. The molecule has 0 fully saturated rings. The van der Waals surface area contributed by atoms with Crippen LogP contribution in [0.1, 0.15) is 36.2 Å². The Morgan fingerprint density at radius 2 is 1.92 bits per heavy atom. The van der Waals surface area contributed by atoms with Gasteiger partial charge >= 0.3 is 0 Å². The van der Waals surface area contributed by atoms with Crippen molar-refractivity contribution in [2.75, 3.05) is 13.7 Å². The predicted molar refractivity (Wildman–Crippen MR) is 107 cm³/mol. The summed E-state index contributed by atoms with van der Waals surface area (Å²) >= 11 is 3.26. The number of hydrogen-bond acceptors (Lipinski definition) is 4. The molecule has 5 heteroatoms. The molecule has 1 N–H and O–H groups in total. The van der Waals surface area contributed by atoms with E-state index in [2.05, 4.69) is 29.8 Å². The summed E-state index contributed by atoms with van der Waals surface area (Å²) in [5, 5.41) is 9.82. The van der Waals surface area contributed by atoms with Gasteiger partial charge < -0.3 is 14.6 Å². The molecule has 0 saturated heterocycles. The Morgan fingerprint density at radius 1 is 1.23 bits per heavy atom. The highest BCUT2D eigenvalue weighted by atomic mass is 79.9. The highest BCUT2D eigenvalue weighted by molar-refractivity contribution is 9.10. The molecule has 0 heterocycles. The van der Waals surface area contributed by atoms with Crippen LogP contribution in [-0.4, -0.2) is 24.6 Å². The van der Waals surface area contributed by atoms with Crippen LogP contribution >= 0.6 is 15.9 Å². The summed E-state index contributed by atoms with van der Waals surface area (Å²) < 4.78 is 11.3. The van der Waals surface area contributed by atoms with E-state index in [9.17, 15) is 9.90 Å². The Morgan fingerprint density at radius 3 is 2.54 bits per heavy atom. The summed E-state index contributed by atoms with van der Waals surface area (Å²) in [5.41, 5.74) is 1.33. The number of hydrogen-bond donors (Lipinski definition) is 1. The second-order valence-electron chi connectivity index (χ2n) is 6.31. The maximum absolute atomic E-state index is 12.3. The standard InChI is InChI=1S/C21H23BrO4/c1-14(2)10-11-26-17-7-5-16(6-8-17)19(23)9-4-15-12-18(22)21(24)20(13-15)25-3/h4-9,12-14,24H,10-11H2,1-3H3. The van der Waals surface area contributed by atoms with Crippen LogP contribution < -0.4 is 9.47 Å². The molecular formula is C21H23BrO4. The SMILES string of the molecule is COc1cc(C=CC(=O)c2ccc(OCCC(C)C)cc2)cc(Br)c1O. The summed E-state index contributed by atoms with van der Waals surface area (Å²) in [6.07, 6.45) is 4.17. The summed E-state index contributed by atoms with van der Waals surface area (Å²) in [4.78, 5) is 12.3. The van der Waals surface area contributed by atoms with Crippen molar-refractivity contribution in [3.63, 3.8) is 0 Å². The Bertz CT molecular complexity index is 779. The van der Waals surface area contributed by atoms with Gasteiger partial charge in [0, 0.05) is 5.56 Å². The van der Waals surface area contributed by atoms with E-state index in [1.54, 1.807) is 30.3 Å². The number of rotatable bonds is 8. The van der Waals surface area contributed by atoms with E-state index in [-0.39, 0.29) is 11.5 Å². The minimum atomic E-state index is -0.109. The van der Waals surface area contributed by atoms with Gasteiger partial charge in [0.25, 0.3) is 0 Å². The number of phenols is 1. The molecule has 138 valence electrons. The van der Waals surface area contributed by atoms with Crippen LogP contribution in [0.5, 0.6) is 17.2 Å². The second kappa shape index (κ2) is 9.43. The summed E-state index contributed by atoms with van der Waals surface area (Å²) in [6.45, 7) is 4.97. The Kier molecular flexibility index (Phi) is 7.27. The molecule has 0 aliphatic heterocycles. The molecule has 0 aliphatic carbocycles. The molecule has 0 aliphatic rings. The van der Waals surface area contributed by atoms with Crippen LogP contribution in [0.15, 0.2) is 46.9 Å². The number of phenolic OH excluding ortho intramolecular Hbond substituents is 1. The van der Waals surface area contributed by atoms with Crippen molar-refractivity contribution in [2.24, 2.45) is 5.92 Å². The van der Waals surface area contributed by atoms with Crippen molar-refractivity contribution < 1.29 is 19.4 Å². The molecule has 0 amide bonds. The minimum absolute atomic E-state index is 0.0315. The lowest BCUT2D eigenvalue weighted by atomic mass is 10.1. The van der Waals surface area contributed by atoms with Gasteiger partial charge in [0.2, 0.25) is 0 Å². The molecular weight excluding hydrogens is 396 g/mol. The third-order valence-corrected chi connectivity index (χ3v) is 4.41. The van der Waals surface area contributed by atoms with E-state index in [0.29, 0.717) is 28.3 Å². The van der Waals surface area contributed by atoms with Crippen molar-refractivity contribution in [2.45, 2.75) is 20.3 Å². The first-order valence-electron chi connectivity index (χ1n) is 8.42. The van der Waals surface area contributed by atoms with Gasteiger partial charge in [0.15, 0.2) is 17.3 Å². The van der Waals surface area contributed by atoms with Crippen LogP contribution in [0.2, 0.25) is 0 Å². The van der Waals surface area contributed by atoms with E-state index in [4.69, 9.17) is 9.47 Å². The molecule has 0 radical (unpaired) electrons. The molecule has 26 heavy (non-hydrogen) atoms. The van der Waals surface area contributed by atoms with Crippen LogP contribution in [0.3, 0.4) is 0 Å². The molecule has 0 aromatic heterocycles. The average molecular weight is 419 g/mol. The molecule has 0 atom stereocenters. The lowest BCUT2D eigenvalue weighted by Crippen LogP contribution is -2.01. The number of ether oxygens (including phenoxy) is 2. The Hall–Kier alpha value is -2.27. The van der Waals surface area contributed by atoms with Crippen LogP contribution in [-0.2, 0) is 0 Å². The fraction of sp³-hybridized carbons (Fsp3) is 0.286. The zero-order valence-corrected chi connectivity index (χ0v) is 16.7. The van der Waals surface area contributed by atoms with Gasteiger partial charge in [0.05, 0.1) is 18.2 Å². The molecule has 2 rings (SSSR count). The largest absolute Gasteiger partial charge is 0.503 e. The molecule has 0 bridgehead atoms. The van der Waals surface area contributed by atoms with Gasteiger partial charge in [0.1, 0.15) is 5.75 Å². The lowest BCUT2D eigenvalue weighted by Gasteiger charge is -2.08. The molecule has 0 spiro atoms. The Balaban J connectivity index is 2.03. The van der Waals surface area contributed by atoms with Gasteiger partial charge in [-0.25, -0.2) is 0 Å². The van der Waals surface area contributed by atoms with Gasteiger partial charge in [-0.15, -0.1) is 0 Å². The fourth-order valence-corrected chi connectivity index (χ4v) is 2.70. The van der Waals surface area contributed by atoms with E-state index < -0.39 is 0 Å². The first kappa shape index (κ1) is 20.0. The monoisotopic (exact) mass is 418 g/mol. The Labute approximate surface area is 162 Å². The van der Waals surface area contributed by atoms with Crippen LogP contribution in [0.25, 0.3) is 6.08 Å². The van der Waals surface area contributed by atoms with Crippen LogP contribution in [0.4, 0.5) is 0 Å². The van der Waals surface area contributed by atoms with E-state index >= 15 is 0 Å². The number of benzene rings is 2. The van der Waals surface area contributed by atoms with Crippen LogP contribution in [0, 0.1) is 5.92 Å². The quantitative estimate of drug-likeness (QED) is 0.455. The zero-order chi connectivity index (χ0) is 19.1. The summed E-state index contributed by atoms with van der Waals surface area (Å²) in [5.74, 6) is 1.62. The number of aromatic hydroxyl groups is 1. The molecule has 0 saturated carbocycles. The first-order valence-corrected chi connectivity index (χ1v) is 9.21. The maximum Gasteiger partial charge on any atom is 0.185 e. The number of ketones is 1. The van der Waals surface area contributed by atoms with E-state index in [1.165, 1.54) is 13.2 Å². The van der Waals surface area contributed by atoms with Crippen molar-refractivity contribution in [1.82, 2.24) is 0 Å². The van der Waals surface area contributed by atoms with Gasteiger partial charge in [-0.05, 0) is 76.3 Å². The first-order chi connectivity index (χ1) is 12.4. The molecule has 4 nitrogen and oxygen atoms in total. The third kappa shape index (κ3) is 5.63. The minimum Gasteiger partial charge on any atom is -0.503 e. The maximum atomic E-state index is 12.3. The van der Waals surface area contributed by atoms with Gasteiger partial charge in [-0.1, -0.05) is 19.9 Å². The van der Waals surface area contributed by atoms with Crippen molar-refractivity contribution in [3.05, 3.63) is 58.1 Å². The number of carbonyl (C=O) groups excluding carboxylic acids is 1. The number of halogens is 1. The fourth-order valence-electron chi connectivity index (χ4n) is 2.24.